The summed E-state index contributed by atoms with van der Waals surface area (Å²) in [6, 6.07) is 4.15. The zero-order chi connectivity index (χ0) is 18.1. The number of amides is 1. The molecule has 132 valence electrons. The van der Waals surface area contributed by atoms with Crippen LogP contribution < -0.4 is 10.1 Å². The van der Waals surface area contributed by atoms with Gasteiger partial charge in [-0.15, -0.1) is 0 Å². The molecule has 0 bridgehead atoms. The summed E-state index contributed by atoms with van der Waals surface area (Å²) in [5.41, 5.74) is 0.383. The van der Waals surface area contributed by atoms with Crippen molar-refractivity contribution in [3.8, 4) is 5.75 Å². The summed E-state index contributed by atoms with van der Waals surface area (Å²) in [6.45, 7) is 11.2. The number of rotatable bonds is 5. The van der Waals surface area contributed by atoms with Crippen molar-refractivity contribution in [1.82, 2.24) is 0 Å². The molecule has 0 spiro atoms. The minimum absolute atomic E-state index is 0.0684. The van der Waals surface area contributed by atoms with Crippen molar-refractivity contribution in [2.45, 2.75) is 51.4 Å². The summed E-state index contributed by atoms with van der Waals surface area (Å²) < 4.78 is 11.7. The Labute approximate surface area is 142 Å². The second kappa shape index (κ2) is 6.52. The molecule has 1 aliphatic heterocycles. The van der Waals surface area contributed by atoms with Crippen LogP contribution in [0.25, 0.3) is 0 Å². The molecule has 1 heterocycles. The Balaban J connectivity index is 2.02. The van der Waals surface area contributed by atoms with Gasteiger partial charge >= 0.3 is 0 Å². The number of hydrogen-bond acceptors (Lipinski definition) is 5. The summed E-state index contributed by atoms with van der Waals surface area (Å²) in [7, 11) is -1.88. The van der Waals surface area contributed by atoms with E-state index in [1.165, 1.54) is 18.2 Å². The van der Waals surface area contributed by atoms with Gasteiger partial charge < -0.3 is 14.5 Å². The zero-order valence-electron chi connectivity index (χ0n) is 14.7. The van der Waals surface area contributed by atoms with E-state index < -0.39 is 19.3 Å². The van der Waals surface area contributed by atoms with Gasteiger partial charge in [0.15, 0.2) is 20.2 Å². The monoisotopic (exact) mass is 352 g/mol. The van der Waals surface area contributed by atoms with Crippen LogP contribution in [0.1, 0.15) is 27.2 Å². The minimum atomic E-state index is -1.88. The first kappa shape index (κ1) is 18.4. The quantitative estimate of drug-likeness (QED) is 0.495. The van der Waals surface area contributed by atoms with Gasteiger partial charge in [0.2, 0.25) is 0 Å². The summed E-state index contributed by atoms with van der Waals surface area (Å²) >= 11 is 0. The largest absolute Gasteiger partial charge is 0.478 e. The van der Waals surface area contributed by atoms with Crippen LogP contribution in [-0.2, 0) is 9.22 Å². The highest BCUT2D eigenvalue weighted by atomic mass is 28.4. The van der Waals surface area contributed by atoms with Gasteiger partial charge in [-0.05, 0) is 24.2 Å². The Hall–Kier alpha value is -1.93. The molecular formula is C16H24N2O5Si. The van der Waals surface area contributed by atoms with Crippen molar-refractivity contribution in [1.29, 1.82) is 0 Å². The third-order valence-corrected chi connectivity index (χ3v) is 9.18. The number of nitrogens with one attached hydrogen (secondary N) is 1. The second-order valence-electron chi connectivity index (χ2n) is 7.43. The van der Waals surface area contributed by atoms with Gasteiger partial charge in [0, 0.05) is 19.1 Å². The first-order valence-electron chi connectivity index (χ1n) is 7.91. The number of hydrogen-bond donors (Lipinski definition) is 1. The molecule has 1 unspecified atom stereocenters. The molecule has 1 amide bonds. The predicted molar refractivity (Wildman–Crippen MR) is 93.9 cm³/mol. The molecular weight excluding hydrogens is 328 g/mol. The van der Waals surface area contributed by atoms with Gasteiger partial charge in [0.1, 0.15) is 0 Å². The fourth-order valence-corrected chi connectivity index (χ4v) is 3.13. The Morgan fingerprint density at radius 2 is 2.04 bits per heavy atom. The van der Waals surface area contributed by atoms with Gasteiger partial charge in [-0.25, -0.2) is 0 Å². The number of carbonyl (C=O) groups is 1. The Bertz CT molecular complexity index is 654. The highest BCUT2D eigenvalue weighted by Gasteiger charge is 2.37. The molecule has 24 heavy (non-hydrogen) atoms. The van der Waals surface area contributed by atoms with E-state index in [1.807, 2.05) is 0 Å². The number of fused-ring (bicyclic) bond motifs is 1. The second-order valence-corrected chi connectivity index (χ2v) is 12.2. The minimum Gasteiger partial charge on any atom is -0.478 e. The van der Waals surface area contributed by atoms with E-state index in [0.717, 1.165) is 0 Å². The van der Waals surface area contributed by atoms with E-state index in [0.29, 0.717) is 24.5 Å². The van der Waals surface area contributed by atoms with Crippen molar-refractivity contribution in [3.05, 3.63) is 28.3 Å². The molecule has 0 radical (unpaired) electrons. The molecule has 0 aromatic heterocycles. The fourth-order valence-electron chi connectivity index (χ4n) is 2.07. The summed E-state index contributed by atoms with van der Waals surface area (Å²) in [6.07, 6.45) is -0.301. The molecule has 1 aromatic carbocycles. The van der Waals surface area contributed by atoms with Gasteiger partial charge in [0.25, 0.3) is 11.6 Å². The molecule has 2 rings (SSSR count). The maximum Gasteiger partial charge on any atom is 0.273 e. The van der Waals surface area contributed by atoms with Crippen LogP contribution >= 0.6 is 0 Å². The SMILES string of the molecule is CC(C)(C)[Si](C)(C)OCCC1Oc2cc([N+](=O)[O-])ccc2NC1=O. The van der Waals surface area contributed by atoms with E-state index in [-0.39, 0.29) is 16.6 Å². The van der Waals surface area contributed by atoms with Crippen molar-refractivity contribution in [2.75, 3.05) is 11.9 Å². The van der Waals surface area contributed by atoms with Gasteiger partial charge in [-0.2, -0.15) is 0 Å². The first-order valence-corrected chi connectivity index (χ1v) is 10.8. The maximum atomic E-state index is 12.1. The van der Waals surface area contributed by atoms with Crippen LogP contribution in [-0.4, -0.2) is 31.9 Å². The lowest BCUT2D eigenvalue weighted by atomic mass is 10.1. The van der Waals surface area contributed by atoms with E-state index in [4.69, 9.17) is 9.16 Å². The number of nitrogens with zero attached hydrogens (tertiary/aromatic N) is 1. The van der Waals surface area contributed by atoms with Crippen molar-refractivity contribution in [3.63, 3.8) is 0 Å². The van der Waals surface area contributed by atoms with E-state index >= 15 is 0 Å². The Kier molecular flexibility index (Phi) is 5.00. The van der Waals surface area contributed by atoms with Crippen LogP contribution in [0.2, 0.25) is 18.1 Å². The Morgan fingerprint density at radius 3 is 2.62 bits per heavy atom. The molecule has 0 saturated carbocycles. The topological polar surface area (TPSA) is 90.7 Å². The smallest absolute Gasteiger partial charge is 0.273 e. The Morgan fingerprint density at radius 1 is 1.38 bits per heavy atom. The predicted octanol–water partition coefficient (Wildman–Crippen LogP) is 3.71. The van der Waals surface area contributed by atoms with Crippen LogP contribution in [0.3, 0.4) is 0 Å². The molecule has 0 fully saturated rings. The number of nitro groups is 1. The molecule has 0 aliphatic carbocycles. The third kappa shape index (κ3) is 3.93. The van der Waals surface area contributed by atoms with Gasteiger partial charge in [-0.3, -0.25) is 14.9 Å². The maximum absolute atomic E-state index is 12.1. The summed E-state index contributed by atoms with van der Waals surface area (Å²) in [5.74, 6) is 0.0660. The number of nitro benzene ring substituents is 1. The lowest BCUT2D eigenvalue weighted by Crippen LogP contribution is -2.43. The molecule has 1 N–H and O–H groups in total. The van der Waals surface area contributed by atoms with Crippen LogP contribution in [0.15, 0.2) is 18.2 Å². The molecule has 1 atom stereocenters. The number of anilines is 1. The standard InChI is InChI=1S/C16H24N2O5Si/c1-16(2,3)24(4,5)22-9-8-13-15(19)17-12-7-6-11(18(20)21)10-14(12)23-13/h6-7,10,13H,8-9H2,1-5H3,(H,17,19). The van der Waals surface area contributed by atoms with Gasteiger partial charge in [-0.1, -0.05) is 20.8 Å². The summed E-state index contributed by atoms with van der Waals surface area (Å²) in [5, 5.41) is 13.7. The molecule has 8 heteroatoms. The summed E-state index contributed by atoms with van der Waals surface area (Å²) in [4.78, 5) is 22.5. The van der Waals surface area contributed by atoms with E-state index in [9.17, 15) is 14.9 Å². The molecule has 7 nitrogen and oxygen atoms in total. The van der Waals surface area contributed by atoms with Crippen LogP contribution in [0, 0.1) is 10.1 Å². The molecule has 1 aromatic rings. The lowest BCUT2D eigenvalue weighted by Gasteiger charge is -2.36. The molecule has 0 saturated heterocycles. The number of non-ortho nitro benzene ring substituents is 1. The van der Waals surface area contributed by atoms with E-state index in [1.54, 1.807) is 0 Å². The van der Waals surface area contributed by atoms with Gasteiger partial charge in [0.05, 0.1) is 16.7 Å². The lowest BCUT2D eigenvalue weighted by molar-refractivity contribution is -0.384. The average molecular weight is 352 g/mol. The number of benzene rings is 1. The van der Waals surface area contributed by atoms with Crippen molar-refractivity contribution >= 4 is 25.6 Å². The first-order chi connectivity index (χ1) is 11.0. The number of carbonyl (C=O) groups excluding carboxylic acids is 1. The zero-order valence-corrected chi connectivity index (χ0v) is 15.7. The van der Waals surface area contributed by atoms with E-state index in [2.05, 4.69) is 39.2 Å². The fraction of sp³-hybridized carbons (Fsp3) is 0.562. The average Bonchev–Trinajstić information content (AvgIpc) is 2.45. The van der Waals surface area contributed by atoms with Crippen molar-refractivity contribution in [2.24, 2.45) is 0 Å². The van der Waals surface area contributed by atoms with Crippen molar-refractivity contribution < 1.29 is 18.9 Å². The number of ether oxygens (including phenoxy) is 1. The highest BCUT2D eigenvalue weighted by Crippen LogP contribution is 2.37. The third-order valence-electron chi connectivity index (χ3n) is 4.64. The normalized spacial score (nSPS) is 17.7. The van der Waals surface area contributed by atoms with Crippen LogP contribution in [0.4, 0.5) is 11.4 Å². The molecule has 1 aliphatic rings. The highest BCUT2D eigenvalue weighted by molar-refractivity contribution is 6.74. The van der Waals surface area contributed by atoms with Crippen LogP contribution in [0.5, 0.6) is 5.75 Å².